The Kier molecular flexibility index (Phi) is 38.2. The van der Waals surface area contributed by atoms with Crippen LogP contribution in [0.4, 0.5) is 0 Å². The number of carbonyl (C=O) groups is 15. The van der Waals surface area contributed by atoms with Crippen molar-refractivity contribution in [3.8, 4) is 0 Å². The monoisotopic (exact) mass is 1620 g/mol. The van der Waals surface area contributed by atoms with Crippen molar-refractivity contribution in [2.75, 3.05) is 58.2 Å². The number of likely N-dealkylation sites (tertiary alicyclic amines) is 3. The summed E-state index contributed by atoms with van der Waals surface area (Å²) >= 11 is 4.04. The van der Waals surface area contributed by atoms with E-state index in [9.17, 15) is 87.2 Å². The molecule has 1 aromatic carbocycles. The van der Waals surface area contributed by atoms with Crippen LogP contribution in [-0.4, -0.2) is 283 Å². The molecule has 632 valence electrons. The second-order valence-corrected chi connectivity index (χ2v) is 29.8. The highest BCUT2D eigenvalue weighted by molar-refractivity contribution is 7.80. The molecule has 0 aliphatic carbocycles. The van der Waals surface area contributed by atoms with Gasteiger partial charge in [0.05, 0.1) is 32.1 Å². The van der Waals surface area contributed by atoms with Gasteiger partial charge in [-0.15, -0.1) is 0 Å². The van der Waals surface area contributed by atoms with E-state index in [2.05, 4.69) is 91.1 Å². The Morgan fingerprint density at radius 2 is 0.991 bits per heavy atom. The molecule has 3 fully saturated rings. The van der Waals surface area contributed by atoms with Crippen molar-refractivity contribution < 1.29 is 87.2 Å². The average molecular weight is 1620 g/mol. The molecule has 25 N–H and O–H groups in total. The fourth-order valence-corrected chi connectivity index (χ4v) is 13.4. The summed E-state index contributed by atoms with van der Waals surface area (Å²) in [6.45, 7) is 8.94. The summed E-state index contributed by atoms with van der Waals surface area (Å²) in [5, 5.41) is 58.9. The summed E-state index contributed by atoms with van der Waals surface area (Å²) in [6, 6.07) is -10.3. The van der Waals surface area contributed by atoms with Crippen LogP contribution >= 0.6 is 12.6 Å². The minimum absolute atomic E-state index is 0.00982. The number of thiol groups is 1. The summed E-state index contributed by atoms with van der Waals surface area (Å²) in [5.74, 6) is -14.4. The van der Waals surface area contributed by atoms with E-state index in [1.54, 1.807) is 58.0 Å². The quantitative estimate of drug-likeness (QED) is 0.0127. The second-order valence-electron chi connectivity index (χ2n) is 29.5. The van der Waals surface area contributed by atoms with E-state index in [0.717, 1.165) is 4.90 Å². The number of guanidine groups is 2. The number of imidazole rings is 1. The number of H-pyrrole nitrogens is 1. The van der Waals surface area contributed by atoms with Crippen molar-refractivity contribution in [2.24, 2.45) is 56.4 Å². The summed E-state index contributed by atoms with van der Waals surface area (Å²) in [7, 11) is 0. The van der Waals surface area contributed by atoms with E-state index in [0.29, 0.717) is 24.1 Å². The molecule has 5 rings (SSSR count). The van der Waals surface area contributed by atoms with Gasteiger partial charge in [-0.3, -0.25) is 77.1 Å². The van der Waals surface area contributed by atoms with Crippen LogP contribution in [0, 0.1) is 17.8 Å². The highest BCUT2D eigenvalue weighted by Gasteiger charge is 2.45. The number of carbonyl (C=O) groups excluding carboxylic acids is 14. The standard InChI is InChI=1S/C72H115N23O18S/c1-37(2)28-48(68(110)94-26-15-22-53(94)65(107)91-55(38(3)4)66(108)92-56(39(5)6)70(112)113)89-64(106)52-21-13-25-93(52)67(109)45(19-12-24-80-72(76)77)86-63(105)51-20-14-27-95(51)69(111)50(34-97)84-54(98)32-81-59(101)46(29-41-16-9-8-10-17-41)88-62(104)49(33-96)90-61(103)47(30-42-31-78-36-82-42)87-57(99)40(7)83-60(102)44(18-11-23-79-71(74)75)85-58(100)43(73)35-114/h8-10,16-17,31,36-40,43-53,55-56,96-97,114H,11-15,18-30,32-35,73H2,1-7H3,(H,78,82)(H,81,101)(H,83,102)(H,84,98)(H,85,100)(H,86,105)(H,87,99)(H,88,104)(H,89,106)(H,90,103)(H,91,107)(H,92,108)(H,112,113)(H4,74,75,79)(H4,76,77,80)/t40-,43-,44-,45-,46-,47-,48-,49-,50-,51-,52-,53-,55-,56-/m0/s1. The number of hydrogen-bond acceptors (Lipinski definition) is 22. The Labute approximate surface area is 666 Å². The molecule has 0 spiro atoms. The SMILES string of the molecule is CC(C)C[C@H](NC(=O)[C@@H]1CCCN1C(=O)[C@H](CCCN=C(N)N)NC(=O)[C@@H]1CCCN1C(=O)[C@H](CO)NC(=O)CNC(=O)[C@H](Cc1ccccc1)NC(=O)[C@H](CO)NC(=O)[C@H](Cc1cnc[nH]1)NC(=O)[C@H](C)NC(=O)[C@H](CCCN=C(N)N)NC(=O)[C@@H](N)CS)C(=O)N1CCC[C@H]1C(=O)N[C@H](C(=O)N[C@H](C(=O)O)C(C)C)C(C)C. The maximum atomic E-state index is 14.9. The number of nitrogens with zero attached hydrogens (tertiary/aromatic N) is 6. The molecule has 3 aliphatic rings. The summed E-state index contributed by atoms with van der Waals surface area (Å²) in [4.78, 5) is 227. The minimum atomic E-state index is -1.79. The third kappa shape index (κ3) is 29.0. The van der Waals surface area contributed by atoms with Crippen molar-refractivity contribution in [2.45, 2.75) is 217 Å². The Morgan fingerprint density at radius 3 is 1.48 bits per heavy atom. The number of rotatable bonds is 45. The number of carboxylic acid groups (broad SMARTS) is 1. The van der Waals surface area contributed by atoms with Gasteiger partial charge in [0.2, 0.25) is 82.7 Å². The summed E-state index contributed by atoms with van der Waals surface area (Å²) in [6.07, 6.45) is 4.03. The van der Waals surface area contributed by atoms with E-state index in [1.807, 2.05) is 13.8 Å². The van der Waals surface area contributed by atoms with Gasteiger partial charge < -0.3 is 122 Å². The molecule has 1 aromatic heterocycles. The zero-order valence-electron chi connectivity index (χ0n) is 65.4. The average Bonchev–Trinajstić information content (AvgIpc) is 1.64. The van der Waals surface area contributed by atoms with Gasteiger partial charge in [-0.2, -0.15) is 12.6 Å². The van der Waals surface area contributed by atoms with Gasteiger partial charge in [-0.05, 0) is 101 Å². The number of aliphatic imine (C=N–C) groups is 2. The first-order valence-corrected chi connectivity index (χ1v) is 38.8. The van der Waals surface area contributed by atoms with Gasteiger partial charge in [-0.1, -0.05) is 71.9 Å². The van der Waals surface area contributed by atoms with Crippen molar-refractivity contribution >= 4 is 113 Å². The van der Waals surface area contributed by atoms with Gasteiger partial charge >= 0.3 is 5.97 Å². The molecule has 14 atom stereocenters. The third-order valence-electron chi connectivity index (χ3n) is 19.3. The molecule has 0 radical (unpaired) electrons. The lowest BCUT2D eigenvalue weighted by Gasteiger charge is -2.33. The zero-order valence-corrected chi connectivity index (χ0v) is 66.3. The number of aromatic nitrogens is 2. The van der Waals surface area contributed by atoms with Crippen LogP contribution < -0.4 is 87.2 Å². The van der Waals surface area contributed by atoms with Crippen LogP contribution in [0.3, 0.4) is 0 Å². The highest BCUT2D eigenvalue weighted by atomic mass is 32.1. The van der Waals surface area contributed by atoms with Crippen LogP contribution in [0.2, 0.25) is 0 Å². The van der Waals surface area contributed by atoms with E-state index in [-0.39, 0.29) is 127 Å². The van der Waals surface area contributed by atoms with Gasteiger partial charge in [0.1, 0.15) is 78.5 Å². The molecule has 41 nitrogen and oxygen atoms in total. The largest absolute Gasteiger partial charge is 0.480 e. The van der Waals surface area contributed by atoms with E-state index < -0.39 is 205 Å². The number of nitrogens with one attached hydrogen (secondary N) is 12. The molecule has 0 saturated carbocycles. The number of aromatic amines is 1. The molecular weight excluding hydrogens is 1510 g/mol. The van der Waals surface area contributed by atoms with E-state index in [1.165, 1.54) is 29.2 Å². The molecule has 0 bridgehead atoms. The molecule has 0 unspecified atom stereocenters. The van der Waals surface area contributed by atoms with Crippen LogP contribution in [0.1, 0.15) is 130 Å². The molecule has 3 saturated heterocycles. The Balaban J connectivity index is 1.25. The predicted molar refractivity (Wildman–Crippen MR) is 417 cm³/mol. The van der Waals surface area contributed by atoms with Crippen molar-refractivity contribution in [1.29, 1.82) is 0 Å². The topological polar surface area (TPSA) is 642 Å². The van der Waals surface area contributed by atoms with Crippen molar-refractivity contribution in [3.05, 3.63) is 54.1 Å². The zero-order chi connectivity index (χ0) is 84.6. The molecule has 114 heavy (non-hydrogen) atoms. The Bertz CT molecular complexity index is 3700. The van der Waals surface area contributed by atoms with Crippen molar-refractivity contribution in [1.82, 2.24) is 83.2 Å². The Hall–Kier alpha value is -10.7. The van der Waals surface area contributed by atoms with E-state index in [4.69, 9.17) is 28.7 Å². The number of amides is 14. The van der Waals surface area contributed by atoms with Crippen LogP contribution in [0.25, 0.3) is 0 Å². The fraction of sp³-hybridized carbons (Fsp3) is 0.639. The molecule has 42 heteroatoms. The Morgan fingerprint density at radius 1 is 0.526 bits per heavy atom. The molecule has 3 aliphatic heterocycles. The first-order valence-electron chi connectivity index (χ1n) is 38.1. The number of aliphatic hydroxyl groups excluding tert-OH is 2. The van der Waals surface area contributed by atoms with E-state index >= 15 is 0 Å². The smallest absolute Gasteiger partial charge is 0.326 e. The molecule has 4 heterocycles. The summed E-state index contributed by atoms with van der Waals surface area (Å²) in [5.41, 5.74) is 28.7. The highest BCUT2D eigenvalue weighted by Crippen LogP contribution is 2.26. The number of hydrogen-bond donors (Lipinski definition) is 21. The number of aliphatic carboxylic acids is 1. The van der Waals surface area contributed by atoms with Gasteiger partial charge in [0.25, 0.3) is 0 Å². The lowest BCUT2D eigenvalue weighted by molar-refractivity contribution is -0.146. The molecule has 2 aromatic rings. The number of carboxylic acids is 1. The normalized spacial score (nSPS) is 18.2. The lowest BCUT2D eigenvalue weighted by Crippen LogP contribution is -2.60. The lowest BCUT2D eigenvalue weighted by atomic mass is 9.99. The van der Waals surface area contributed by atoms with Crippen LogP contribution in [-0.2, 0) is 84.8 Å². The van der Waals surface area contributed by atoms with Gasteiger partial charge in [0.15, 0.2) is 11.9 Å². The first kappa shape index (κ1) is 93.8. The maximum Gasteiger partial charge on any atom is 0.326 e. The van der Waals surface area contributed by atoms with Crippen molar-refractivity contribution in [3.63, 3.8) is 0 Å². The predicted octanol–water partition coefficient (Wildman–Crippen LogP) is -7.06. The number of nitrogens with two attached hydrogens (primary N) is 5. The number of aliphatic hydroxyl groups is 2. The first-order chi connectivity index (χ1) is 54.0. The second kappa shape index (κ2) is 46.4. The van der Waals surface area contributed by atoms with Gasteiger partial charge in [-0.25, -0.2) is 9.78 Å². The van der Waals surface area contributed by atoms with Gasteiger partial charge in [0, 0.05) is 63.2 Å². The minimum Gasteiger partial charge on any atom is -0.480 e. The van der Waals surface area contributed by atoms with Crippen LogP contribution in [0.15, 0.2) is 52.8 Å². The van der Waals surface area contributed by atoms with Crippen LogP contribution in [0.5, 0.6) is 0 Å². The maximum absolute atomic E-state index is 14.9. The fourth-order valence-electron chi connectivity index (χ4n) is 13.2. The summed E-state index contributed by atoms with van der Waals surface area (Å²) < 4.78 is 0. The molecular formula is C72H115N23O18S. The molecule has 14 amide bonds. The third-order valence-corrected chi connectivity index (χ3v) is 19.7. The number of benzene rings is 1.